The molecule has 0 heterocycles. The van der Waals surface area contributed by atoms with Crippen LogP contribution in [0, 0.1) is 0 Å². The molecule has 3 rings (SSSR count). The normalized spacial score (nSPS) is 10.1. The van der Waals surface area contributed by atoms with Gasteiger partial charge in [-0.1, -0.05) is 48.5 Å². The zero-order valence-corrected chi connectivity index (χ0v) is 13.9. The van der Waals surface area contributed by atoms with Crippen molar-refractivity contribution in [2.45, 2.75) is 6.54 Å². The predicted molar refractivity (Wildman–Crippen MR) is 98.1 cm³/mol. The van der Waals surface area contributed by atoms with Gasteiger partial charge in [0.2, 0.25) is 0 Å². The summed E-state index contributed by atoms with van der Waals surface area (Å²) in [6.07, 6.45) is 0. The minimum Gasteiger partial charge on any atom is -0.465 e. The highest BCUT2D eigenvalue weighted by molar-refractivity contribution is 5.91. The topological polar surface area (TPSA) is 47.6 Å². The molecule has 25 heavy (non-hydrogen) atoms. The van der Waals surface area contributed by atoms with Crippen molar-refractivity contribution in [1.29, 1.82) is 0 Å². The van der Waals surface area contributed by atoms with Gasteiger partial charge in [-0.25, -0.2) is 4.79 Å². The second-order valence-electron chi connectivity index (χ2n) is 5.41. The Morgan fingerprint density at radius 3 is 2.36 bits per heavy atom. The fraction of sp³-hybridized carbons (Fsp3) is 0.0952. The number of nitrogens with one attached hydrogen (secondary N) is 1. The van der Waals surface area contributed by atoms with Gasteiger partial charge in [-0.05, 0) is 35.9 Å². The molecule has 3 aromatic rings. The van der Waals surface area contributed by atoms with Gasteiger partial charge in [0.15, 0.2) is 5.75 Å². The Labute approximate surface area is 147 Å². The van der Waals surface area contributed by atoms with Crippen molar-refractivity contribution in [3.05, 3.63) is 90.0 Å². The molecule has 0 saturated heterocycles. The Morgan fingerprint density at radius 1 is 0.880 bits per heavy atom. The molecule has 0 atom stereocenters. The molecule has 0 aromatic heterocycles. The monoisotopic (exact) mass is 333 g/mol. The maximum Gasteiger partial charge on any atom is 0.338 e. The van der Waals surface area contributed by atoms with Crippen molar-refractivity contribution in [2.75, 3.05) is 12.4 Å². The van der Waals surface area contributed by atoms with E-state index in [9.17, 15) is 4.79 Å². The number of carbonyl (C=O) groups excluding carboxylic acids is 1. The van der Waals surface area contributed by atoms with E-state index in [4.69, 9.17) is 9.47 Å². The van der Waals surface area contributed by atoms with E-state index in [2.05, 4.69) is 5.32 Å². The van der Waals surface area contributed by atoms with Crippen molar-refractivity contribution >= 4 is 11.7 Å². The van der Waals surface area contributed by atoms with Crippen LogP contribution in [0.25, 0.3) is 0 Å². The predicted octanol–water partition coefficient (Wildman–Crippen LogP) is 4.88. The summed E-state index contributed by atoms with van der Waals surface area (Å²) in [5, 5.41) is 3.34. The summed E-state index contributed by atoms with van der Waals surface area (Å²) in [5.74, 6) is 1.15. The lowest BCUT2D eigenvalue weighted by Gasteiger charge is -2.14. The van der Waals surface area contributed by atoms with Crippen LogP contribution < -0.4 is 10.1 Å². The van der Waals surface area contributed by atoms with Crippen molar-refractivity contribution in [3.8, 4) is 11.5 Å². The maximum atomic E-state index is 11.9. The quantitative estimate of drug-likeness (QED) is 0.653. The number of esters is 1. The molecule has 0 unspecified atom stereocenters. The summed E-state index contributed by atoms with van der Waals surface area (Å²) in [7, 11) is 1.38. The van der Waals surface area contributed by atoms with E-state index >= 15 is 0 Å². The van der Waals surface area contributed by atoms with Crippen LogP contribution in [0.3, 0.4) is 0 Å². The zero-order chi connectivity index (χ0) is 17.5. The van der Waals surface area contributed by atoms with Gasteiger partial charge in [0.1, 0.15) is 5.75 Å². The van der Waals surface area contributed by atoms with E-state index in [1.54, 1.807) is 6.07 Å². The average molecular weight is 333 g/mol. The van der Waals surface area contributed by atoms with Gasteiger partial charge in [-0.3, -0.25) is 0 Å². The van der Waals surface area contributed by atoms with Gasteiger partial charge in [0.25, 0.3) is 0 Å². The molecule has 0 fully saturated rings. The Bertz CT molecular complexity index is 847. The molecule has 0 radical (unpaired) electrons. The highest BCUT2D eigenvalue weighted by atomic mass is 16.5. The first-order valence-corrected chi connectivity index (χ1v) is 8.00. The molecule has 4 heteroatoms. The number of benzene rings is 3. The molecule has 0 amide bonds. The molecule has 0 aliphatic carbocycles. The van der Waals surface area contributed by atoms with Gasteiger partial charge in [0.05, 0.1) is 18.4 Å². The molecule has 3 aromatic carbocycles. The molecule has 0 aliphatic heterocycles. The Kier molecular flexibility index (Phi) is 5.32. The number of carbonyl (C=O) groups is 1. The minimum absolute atomic E-state index is 0.341. The van der Waals surface area contributed by atoms with Gasteiger partial charge >= 0.3 is 5.97 Å². The van der Waals surface area contributed by atoms with Crippen LogP contribution in [-0.4, -0.2) is 13.1 Å². The molecular weight excluding hydrogens is 314 g/mol. The SMILES string of the molecule is COC(=O)c1ccccc1CNc1ccccc1Oc1ccccc1. The van der Waals surface area contributed by atoms with Crippen LogP contribution in [0.1, 0.15) is 15.9 Å². The number of para-hydroxylation sites is 3. The van der Waals surface area contributed by atoms with E-state index in [0.717, 1.165) is 22.7 Å². The largest absolute Gasteiger partial charge is 0.465 e. The highest BCUT2D eigenvalue weighted by Crippen LogP contribution is 2.29. The second-order valence-corrected chi connectivity index (χ2v) is 5.41. The summed E-state index contributed by atoms with van der Waals surface area (Å²) in [6, 6.07) is 24.7. The Hall–Kier alpha value is -3.27. The number of methoxy groups -OCH3 is 1. The van der Waals surface area contributed by atoms with Crippen LogP contribution in [0.15, 0.2) is 78.9 Å². The van der Waals surface area contributed by atoms with Crippen LogP contribution in [-0.2, 0) is 11.3 Å². The van der Waals surface area contributed by atoms with Crippen molar-refractivity contribution < 1.29 is 14.3 Å². The van der Waals surface area contributed by atoms with Gasteiger partial charge in [-0.15, -0.1) is 0 Å². The number of ether oxygens (including phenoxy) is 2. The molecule has 0 aliphatic rings. The molecule has 0 bridgehead atoms. The summed E-state index contributed by atoms with van der Waals surface area (Å²) in [4.78, 5) is 11.9. The van der Waals surface area contributed by atoms with Crippen molar-refractivity contribution in [3.63, 3.8) is 0 Å². The number of hydrogen-bond acceptors (Lipinski definition) is 4. The van der Waals surface area contributed by atoms with E-state index in [1.807, 2.05) is 72.8 Å². The third-order valence-corrected chi connectivity index (χ3v) is 3.75. The molecule has 0 spiro atoms. The highest BCUT2D eigenvalue weighted by Gasteiger charge is 2.11. The van der Waals surface area contributed by atoms with E-state index in [-0.39, 0.29) is 5.97 Å². The number of rotatable bonds is 6. The Balaban J connectivity index is 1.78. The number of anilines is 1. The lowest BCUT2D eigenvalue weighted by molar-refractivity contribution is 0.0599. The lowest BCUT2D eigenvalue weighted by atomic mass is 10.1. The summed E-state index contributed by atoms with van der Waals surface area (Å²) < 4.78 is 10.8. The van der Waals surface area contributed by atoms with E-state index < -0.39 is 0 Å². The van der Waals surface area contributed by atoms with E-state index in [0.29, 0.717) is 12.1 Å². The molecule has 126 valence electrons. The maximum absolute atomic E-state index is 11.9. The third-order valence-electron chi connectivity index (χ3n) is 3.75. The van der Waals surface area contributed by atoms with Gasteiger partial charge < -0.3 is 14.8 Å². The van der Waals surface area contributed by atoms with Crippen LogP contribution in [0.2, 0.25) is 0 Å². The summed E-state index contributed by atoms with van der Waals surface area (Å²) in [5.41, 5.74) is 2.27. The van der Waals surface area contributed by atoms with Crippen molar-refractivity contribution in [2.24, 2.45) is 0 Å². The average Bonchev–Trinajstić information content (AvgIpc) is 2.68. The fourth-order valence-electron chi connectivity index (χ4n) is 2.49. The van der Waals surface area contributed by atoms with Crippen LogP contribution in [0.4, 0.5) is 5.69 Å². The first kappa shape index (κ1) is 16.6. The summed E-state index contributed by atoms with van der Waals surface area (Å²) in [6.45, 7) is 0.487. The molecular formula is C21H19NO3. The second kappa shape index (κ2) is 8.02. The first-order valence-electron chi connectivity index (χ1n) is 8.00. The molecule has 4 nitrogen and oxygen atoms in total. The first-order chi connectivity index (χ1) is 12.3. The van der Waals surface area contributed by atoms with Crippen LogP contribution >= 0.6 is 0 Å². The van der Waals surface area contributed by atoms with Gasteiger partial charge in [0, 0.05) is 6.54 Å². The fourth-order valence-corrected chi connectivity index (χ4v) is 2.49. The van der Waals surface area contributed by atoms with Crippen LogP contribution in [0.5, 0.6) is 11.5 Å². The molecule has 1 N–H and O–H groups in total. The van der Waals surface area contributed by atoms with E-state index in [1.165, 1.54) is 7.11 Å². The van der Waals surface area contributed by atoms with Crippen molar-refractivity contribution in [1.82, 2.24) is 0 Å². The standard InChI is InChI=1S/C21H19NO3/c1-24-21(23)18-12-6-5-9-16(18)15-22-19-13-7-8-14-20(19)25-17-10-3-2-4-11-17/h2-14,22H,15H2,1H3. The summed E-state index contributed by atoms with van der Waals surface area (Å²) >= 11 is 0. The smallest absolute Gasteiger partial charge is 0.338 e. The zero-order valence-electron chi connectivity index (χ0n) is 13.9. The lowest BCUT2D eigenvalue weighted by Crippen LogP contribution is -2.09. The van der Waals surface area contributed by atoms with Gasteiger partial charge in [-0.2, -0.15) is 0 Å². The minimum atomic E-state index is -0.341. The third kappa shape index (κ3) is 4.18. The molecule has 0 saturated carbocycles. The number of hydrogen-bond donors (Lipinski definition) is 1. The Morgan fingerprint density at radius 2 is 1.56 bits per heavy atom.